The van der Waals surface area contributed by atoms with Gasteiger partial charge in [-0.2, -0.15) is 0 Å². The number of hydrogen-bond acceptors (Lipinski definition) is 1. The lowest BCUT2D eigenvalue weighted by Gasteiger charge is -2.36. The van der Waals surface area contributed by atoms with Crippen molar-refractivity contribution in [3.05, 3.63) is 33.8 Å². The Morgan fingerprint density at radius 2 is 1.92 bits per heavy atom. The van der Waals surface area contributed by atoms with Gasteiger partial charge >= 0.3 is 0 Å². The lowest BCUT2D eigenvalue weighted by molar-refractivity contribution is -0.00697. The van der Waals surface area contributed by atoms with E-state index in [1.165, 1.54) is 0 Å². The van der Waals surface area contributed by atoms with Gasteiger partial charge in [0, 0.05) is 0 Å². The molecule has 2 rings (SSSR count). The molecule has 70 valence electrons. The Balaban J connectivity index is 2.36. The van der Waals surface area contributed by atoms with E-state index in [4.69, 9.17) is 27.9 Å². The molecule has 13 heavy (non-hydrogen) atoms. The zero-order valence-corrected chi connectivity index (χ0v) is 9.79. The minimum Gasteiger partial charge on any atom is -0.378 e. The van der Waals surface area contributed by atoms with Crippen molar-refractivity contribution in [1.29, 1.82) is 0 Å². The van der Waals surface area contributed by atoms with Crippen LogP contribution in [0.5, 0.6) is 0 Å². The Kier molecular flexibility index (Phi) is 2.58. The van der Waals surface area contributed by atoms with Gasteiger partial charge < -0.3 is 4.74 Å². The van der Waals surface area contributed by atoms with E-state index in [2.05, 4.69) is 15.9 Å². The molecule has 0 bridgehead atoms. The van der Waals surface area contributed by atoms with Crippen LogP contribution < -0.4 is 0 Å². The Morgan fingerprint density at radius 1 is 1.23 bits per heavy atom. The number of rotatable bonds is 1. The normalized spacial score (nSPS) is 19.6. The zero-order chi connectivity index (χ0) is 9.47. The number of halogens is 3. The molecule has 1 aromatic carbocycles. The maximum Gasteiger partial charge on any atom is 0.0971 e. The molecule has 0 saturated carbocycles. The highest BCUT2D eigenvalue weighted by atomic mass is 79.9. The second-order valence-electron chi connectivity index (χ2n) is 3.09. The van der Waals surface area contributed by atoms with Crippen LogP contribution in [0.3, 0.4) is 0 Å². The first-order chi connectivity index (χ1) is 6.12. The van der Waals surface area contributed by atoms with Crippen LogP contribution in [-0.2, 0) is 9.06 Å². The molecule has 0 unspecified atom stereocenters. The van der Waals surface area contributed by atoms with E-state index < -0.39 is 0 Å². The second kappa shape index (κ2) is 3.43. The van der Waals surface area contributed by atoms with E-state index >= 15 is 0 Å². The van der Waals surface area contributed by atoms with Crippen LogP contribution in [-0.4, -0.2) is 13.2 Å². The van der Waals surface area contributed by atoms with Crippen molar-refractivity contribution in [3.63, 3.8) is 0 Å². The molecule has 1 aliphatic rings. The predicted octanol–water partition coefficient (Wildman–Crippen LogP) is 3.61. The SMILES string of the molecule is Clc1ccc(C2(Br)COC2)cc1Cl. The smallest absolute Gasteiger partial charge is 0.0971 e. The lowest BCUT2D eigenvalue weighted by Crippen LogP contribution is -2.40. The van der Waals surface area contributed by atoms with Crippen LogP contribution >= 0.6 is 39.1 Å². The highest BCUT2D eigenvalue weighted by molar-refractivity contribution is 9.09. The summed E-state index contributed by atoms with van der Waals surface area (Å²) < 4.78 is 5.09. The van der Waals surface area contributed by atoms with Crippen molar-refractivity contribution in [2.24, 2.45) is 0 Å². The van der Waals surface area contributed by atoms with Gasteiger partial charge in [-0.15, -0.1) is 0 Å². The van der Waals surface area contributed by atoms with Crippen molar-refractivity contribution in [3.8, 4) is 0 Å². The van der Waals surface area contributed by atoms with E-state index in [-0.39, 0.29) is 4.32 Å². The molecular formula is C9H7BrCl2O. The summed E-state index contributed by atoms with van der Waals surface area (Å²) in [5.74, 6) is 0. The quantitative estimate of drug-likeness (QED) is 0.715. The highest BCUT2D eigenvalue weighted by Gasteiger charge is 2.37. The van der Waals surface area contributed by atoms with Crippen molar-refractivity contribution in [2.75, 3.05) is 13.2 Å². The molecule has 0 atom stereocenters. The standard InChI is InChI=1S/C9H7BrCl2O/c10-9(4-13-5-9)6-1-2-7(11)8(12)3-6/h1-3H,4-5H2. The molecule has 1 saturated heterocycles. The Hall–Kier alpha value is 0.240. The molecular weight excluding hydrogens is 275 g/mol. The fraction of sp³-hybridized carbons (Fsp3) is 0.333. The predicted molar refractivity (Wildman–Crippen MR) is 57.9 cm³/mol. The van der Waals surface area contributed by atoms with E-state index in [9.17, 15) is 0 Å². The van der Waals surface area contributed by atoms with Crippen molar-refractivity contribution >= 4 is 39.1 Å². The van der Waals surface area contributed by atoms with Gasteiger partial charge in [-0.05, 0) is 17.7 Å². The molecule has 1 aromatic rings. The summed E-state index contributed by atoms with van der Waals surface area (Å²) in [6.45, 7) is 1.37. The summed E-state index contributed by atoms with van der Waals surface area (Å²) in [4.78, 5) is 0. The van der Waals surface area contributed by atoms with Crippen molar-refractivity contribution in [1.82, 2.24) is 0 Å². The summed E-state index contributed by atoms with van der Waals surface area (Å²) in [7, 11) is 0. The Bertz CT molecular complexity index is 336. The highest BCUT2D eigenvalue weighted by Crippen LogP contribution is 2.40. The van der Waals surface area contributed by atoms with Crippen LogP contribution in [0.4, 0.5) is 0 Å². The van der Waals surface area contributed by atoms with Gasteiger partial charge in [-0.25, -0.2) is 0 Å². The zero-order valence-electron chi connectivity index (χ0n) is 6.69. The fourth-order valence-corrected chi connectivity index (χ4v) is 2.09. The first kappa shape index (κ1) is 9.78. The van der Waals surface area contributed by atoms with Gasteiger partial charge in [-0.1, -0.05) is 45.2 Å². The maximum atomic E-state index is 5.91. The third-order valence-corrected chi connectivity index (χ3v) is 3.75. The monoisotopic (exact) mass is 280 g/mol. The second-order valence-corrected chi connectivity index (χ2v) is 5.42. The topological polar surface area (TPSA) is 9.23 Å². The summed E-state index contributed by atoms with van der Waals surface area (Å²) in [5, 5.41) is 1.17. The molecule has 0 radical (unpaired) electrons. The molecule has 0 aliphatic carbocycles. The number of ether oxygens (including phenoxy) is 1. The average Bonchev–Trinajstić information content (AvgIpc) is 2.06. The van der Waals surface area contributed by atoms with E-state index in [0.717, 1.165) is 5.56 Å². The molecule has 0 spiro atoms. The number of alkyl halides is 1. The molecule has 0 amide bonds. The number of hydrogen-bond donors (Lipinski definition) is 0. The van der Waals surface area contributed by atoms with Crippen LogP contribution in [0.25, 0.3) is 0 Å². The van der Waals surface area contributed by atoms with Crippen LogP contribution in [0, 0.1) is 0 Å². The summed E-state index contributed by atoms with van der Waals surface area (Å²) in [5.41, 5.74) is 1.12. The Morgan fingerprint density at radius 3 is 2.38 bits per heavy atom. The number of benzene rings is 1. The molecule has 1 fully saturated rings. The first-order valence-corrected chi connectivity index (χ1v) is 5.39. The minimum absolute atomic E-state index is 0.0543. The van der Waals surface area contributed by atoms with Crippen LogP contribution in [0.2, 0.25) is 10.0 Å². The van der Waals surface area contributed by atoms with Gasteiger partial charge in [0.05, 0.1) is 27.6 Å². The van der Waals surface area contributed by atoms with E-state index in [1.807, 2.05) is 12.1 Å². The molecule has 4 heteroatoms. The minimum atomic E-state index is -0.0543. The third kappa shape index (κ3) is 1.73. The molecule has 1 aliphatic heterocycles. The van der Waals surface area contributed by atoms with Gasteiger partial charge in [0.25, 0.3) is 0 Å². The van der Waals surface area contributed by atoms with Crippen molar-refractivity contribution < 1.29 is 4.74 Å². The van der Waals surface area contributed by atoms with Gasteiger partial charge in [-0.3, -0.25) is 0 Å². The van der Waals surface area contributed by atoms with Gasteiger partial charge in [0.2, 0.25) is 0 Å². The van der Waals surface area contributed by atoms with Crippen LogP contribution in [0.15, 0.2) is 18.2 Å². The van der Waals surface area contributed by atoms with E-state index in [1.54, 1.807) is 6.07 Å². The third-order valence-electron chi connectivity index (χ3n) is 2.10. The summed E-state index contributed by atoms with van der Waals surface area (Å²) in [6.07, 6.45) is 0. The first-order valence-electron chi connectivity index (χ1n) is 3.84. The summed E-state index contributed by atoms with van der Waals surface area (Å²) in [6, 6.07) is 5.65. The lowest BCUT2D eigenvalue weighted by atomic mass is 9.97. The van der Waals surface area contributed by atoms with Gasteiger partial charge in [0.15, 0.2) is 0 Å². The Labute approximate surface area is 95.1 Å². The average molecular weight is 282 g/mol. The summed E-state index contributed by atoms with van der Waals surface area (Å²) >= 11 is 15.3. The van der Waals surface area contributed by atoms with Crippen molar-refractivity contribution in [2.45, 2.75) is 4.32 Å². The van der Waals surface area contributed by atoms with Gasteiger partial charge in [0.1, 0.15) is 0 Å². The largest absolute Gasteiger partial charge is 0.378 e. The molecule has 1 nitrogen and oxygen atoms in total. The van der Waals surface area contributed by atoms with Crippen LogP contribution in [0.1, 0.15) is 5.56 Å². The molecule has 0 N–H and O–H groups in total. The molecule has 1 heterocycles. The maximum absolute atomic E-state index is 5.91. The fourth-order valence-electron chi connectivity index (χ4n) is 1.22. The molecule has 0 aromatic heterocycles. The van der Waals surface area contributed by atoms with E-state index in [0.29, 0.717) is 23.3 Å².